The molecule has 8 heteroatoms. The van der Waals surface area contributed by atoms with Gasteiger partial charge in [0.25, 0.3) is 5.69 Å². The zero-order valence-electron chi connectivity index (χ0n) is 9.93. The zero-order valence-corrected chi connectivity index (χ0v) is 11.5. The quantitative estimate of drug-likeness (QED) is 0.542. The van der Waals surface area contributed by atoms with Crippen LogP contribution in [0.4, 0.5) is 5.69 Å². The Bertz CT molecular complexity index is 802. The first-order valence-electron chi connectivity index (χ1n) is 5.57. The summed E-state index contributed by atoms with van der Waals surface area (Å²) >= 11 is 3.19. The minimum Gasteiger partial charge on any atom is -0.453 e. The van der Waals surface area contributed by atoms with Crippen LogP contribution in [-0.2, 0) is 0 Å². The molecule has 2 aromatic heterocycles. The average Bonchev–Trinajstić information content (AvgIpc) is 2.80. The summed E-state index contributed by atoms with van der Waals surface area (Å²) in [7, 11) is 0. The van der Waals surface area contributed by atoms with Gasteiger partial charge in [0.05, 0.1) is 11.0 Å². The second-order valence-electron chi connectivity index (χ2n) is 3.88. The molecule has 0 amide bonds. The number of fused-ring (bicyclic) bond motifs is 1. The van der Waals surface area contributed by atoms with Crippen LogP contribution in [0.2, 0.25) is 0 Å². The van der Waals surface area contributed by atoms with Gasteiger partial charge in [-0.15, -0.1) is 5.10 Å². The minimum absolute atomic E-state index is 0.0305. The van der Waals surface area contributed by atoms with Crippen LogP contribution in [0.25, 0.3) is 5.65 Å². The van der Waals surface area contributed by atoms with E-state index in [1.165, 1.54) is 12.1 Å². The molecule has 0 bridgehead atoms. The average molecular weight is 335 g/mol. The molecule has 3 aromatic rings. The van der Waals surface area contributed by atoms with Crippen LogP contribution >= 0.6 is 15.9 Å². The van der Waals surface area contributed by atoms with Gasteiger partial charge < -0.3 is 4.74 Å². The van der Waals surface area contributed by atoms with Crippen molar-refractivity contribution in [3.63, 3.8) is 0 Å². The predicted octanol–water partition coefficient (Wildman–Crippen LogP) is 3.19. The molecule has 0 unspecified atom stereocenters. The van der Waals surface area contributed by atoms with E-state index in [2.05, 4.69) is 26.0 Å². The first-order chi connectivity index (χ1) is 9.63. The summed E-state index contributed by atoms with van der Waals surface area (Å²) in [4.78, 5) is 14.4. The lowest BCUT2D eigenvalue weighted by molar-refractivity contribution is -0.384. The molecule has 0 radical (unpaired) electrons. The van der Waals surface area contributed by atoms with Crippen LogP contribution in [-0.4, -0.2) is 19.5 Å². The van der Waals surface area contributed by atoms with Crippen molar-refractivity contribution < 1.29 is 9.66 Å². The number of nitro benzene ring substituents is 1. The summed E-state index contributed by atoms with van der Waals surface area (Å²) in [5, 5.41) is 14.8. The van der Waals surface area contributed by atoms with Crippen molar-refractivity contribution in [1.29, 1.82) is 0 Å². The van der Waals surface area contributed by atoms with Crippen LogP contribution in [0.15, 0.2) is 47.3 Å². The topological polar surface area (TPSA) is 82.6 Å². The highest BCUT2D eigenvalue weighted by Crippen LogP contribution is 2.27. The summed E-state index contributed by atoms with van der Waals surface area (Å²) in [6.07, 6.45) is 1.73. The molecule has 0 atom stereocenters. The van der Waals surface area contributed by atoms with Crippen LogP contribution in [0, 0.1) is 10.1 Å². The maximum absolute atomic E-state index is 10.7. The molecule has 0 spiro atoms. The van der Waals surface area contributed by atoms with Gasteiger partial charge in [0, 0.05) is 12.3 Å². The Balaban J connectivity index is 2.01. The zero-order chi connectivity index (χ0) is 14.1. The van der Waals surface area contributed by atoms with E-state index < -0.39 is 4.92 Å². The predicted molar refractivity (Wildman–Crippen MR) is 73.9 cm³/mol. The SMILES string of the molecule is O=[N+]([O-])c1cccc(Oc2cccn3nc(Br)nc23)c1. The van der Waals surface area contributed by atoms with Gasteiger partial charge in [0.1, 0.15) is 5.75 Å². The molecular weight excluding hydrogens is 328 g/mol. The number of rotatable bonds is 3. The molecular formula is C12H7BrN4O3. The van der Waals surface area contributed by atoms with Crippen molar-refractivity contribution in [1.82, 2.24) is 14.6 Å². The van der Waals surface area contributed by atoms with Gasteiger partial charge in [0.2, 0.25) is 4.73 Å². The van der Waals surface area contributed by atoms with Gasteiger partial charge in [-0.1, -0.05) is 6.07 Å². The Labute approximate surface area is 121 Å². The molecule has 0 saturated carbocycles. The summed E-state index contributed by atoms with van der Waals surface area (Å²) in [5.41, 5.74) is 0.489. The molecule has 3 rings (SSSR count). The number of hydrogen-bond acceptors (Lipinski definition) is 5. The van der Waals surface area contributed by atoms with E-state index in [1.807, 2.05) is 0 Å². The lowest BCUT2D eigenvalue weighted by Gasteiger charge is -2.05. The maximum atomic E-state index is 10.7. The fraction of sp³-hybridized carbons (Fsp3) is 0. The van der Waals surface area contributed by atoms with Crippen LogP contribution in [0.1, 0.15) is 0 Å². The van der Waals surface area contributed by atoms with Crippen molar-refractivity contribution in [2.45, 2.75) is 0 Å². The molecule has 7 nitrogen and oxygen atoms in total. The standard InChI is InChI=1S/C12H7BrN4O3/c13-12-14-11-10(5-2-6-16(11)15-12)20-9-4-1-3-8(7-9)17(18)19/h1-7H. The number of pyridine rings is 1. The molecule has 0 aliphatic carbocycles. The fourth-order valence-electron chi connectivity index (χ4n) is 1.72. The van der Waals surface area contributed by atoms with Crippen LogP contribution in [0.5, 0.6) is 11.5 Å². The number of non-ortho nitro benzene ring substituents is 1. The first kappa shape index (κ1) is 12.5. The molecule has 0 fully saturated rings. The van der Waals surface area contributed by atoms with Gasteiger partial charge >= 0.3 is 0 Å². The van der Waals surface area contributed by atoms with E-state index in [-0.39, 0.29) is 5.69 Å². The Morgan fingerprint density at radius 3 is 2.95 bits per heavy atom. The second kappa shape index (κ2) is 4.89. The molecule has 100 valence electrons. The molecule has 0 N–H and O–H groups in total. The Hall–Kier alpha value is -2.48. The van der Waals surface area contributed by atoms with E-state index in [0.29, 0.717) is 21.9 Å². The smallest absolute Gasteiger partial charge is 0.273 e. The Morgan fingerprint density at radius 1 is 1.30 bits per heavy atom. The third-order valence-electron chi connectivity index (χ3n) is 2.56. The maximum Gasteiger partial charge on any atom is 0.273 e. The van der Waals surface area contributed by atoms with Crippen molar-refractivity contribution in [2.75, 3.05) is 0 Å². The van der Waals surface area contributed by atoms with E-state index in [1.54, 1.807) is 35.0 Å². The number of hydrogen-bond donors (Lipinski definition) is 0. The van der Waals surface area contributed by atoms with E-state index >= 15 is 0 Å². The summed E-state index contributed by atoms with van der Waals surface area (Å²) in [6, 6.07) is 9.43. The number of nitro groups is 1. The number of halogens is 1. The van der Waals surface area contributed by atoms with Crippen molar-refractivity contribution in [2.24, 2.45) is 0 Å². The fourth-order valence-corrected chi connectivity index (χ4v) is 2.06. The second-order valence-corrected chi connectivity index (χ2v) is 4.59. The summed E-state index contributed by atoms with van der Waals surface area (Å²) in [5.74, 6) is 0.831. The van der Waals surface area contributed by atoms with Gasteiger partial charge in [-0.3, -0.25) is 10.1 Å². The van der Waals surface area contributed by atoms with E-state index in [9.17, 15) is 10.1 Å². The molecule has 0 saturated heterocycles. The number of nitrogens with zero attached hydrogens (tertiary/aromatic N) is 4. The van der Waals surface area contributed by atoms with Crippen molar-refractivity contribution in [3.05, 3.63) is 57.4 Å². The Morgan fingerprint density at radius 2 is 2.15 bits per heavy atom. The first-order valence-corrected chi connectivity index (χ1v) is 6.36. The molecule has 20 heavy (non-hydrogen) atoms. The highest BCUT2D eigenvalue weighted by Gasteiger charge is 2.11. The lowest BCUT2D eigenvalue weighted by Crippen LogP contribution is -1.92. The highest BCUT2D eigenvalue weighted by molar-refractivity contribution is 9.10. The normalized spacial score (nSPS) is 10.7. The van der Waals surface area contributed by atoms with Crippen LogP contribution in [0.3, 0.4) is 0 Å². The van der Waals surface area contributed by atoms with E-state index in [4.69, 9.17) is 4.74 Å². The number of ether oxygens (including phenoxy) is 1. The minimum atomic E-state index is -0.471. The molecule has 2 heterocycles. The number of benzene rings is 1. The van der Waals surface area contributed by atoms with Gasteiger partial charge in [-0.25, -0.2) is 4.52 Å². The largest absolute Gasteiger partial charge is 0.453 e. The summed E-state index contributed by atoms with van der Waals surface area (Å²) in [6.45, 7) is 0. The highest BCUT2D eigenvalue weighted by atomic mass is 79.9. The molecule has 0 aliphatic heterocycles. The molecule has 0 aliphatic rings. The van der Waals surface area contributed by atoms with Crippen LogP contribution < -0.4 is 4.74 Å². The lowest BCUT2D eigenvalue weighted by atomic mass is 10.3. The third kappa shape index (κ3) is 2.32. The molecule has 1 aromatic carbocycles. The van der Waals surface area contributed by atoms with Gasteiger partial charge in [-0.05, 0) is 34.1 Å². The van der Waals surface area contributed by atoms with Gasteiger partial charge in [0.15, 0.2) is 11.4 Å². The van der Waals surface area contributed by atoms with Gasteiger partial charge in [-0.2, -0.15) is 4.98 Å². The van der Waals surface area contributed by atoms with Crippen molar-refractivity contribution >= 4 is 27.3 Å². The van der Waals surface area contributed by atoms with E-state index in [0.717, 1.165) is 0 Å². The third-order valence-corrected chi connectivity index (χ3v) is 2.89. The monoisotopic (exact) mass is 334 g/mol. The summed E-state index contributed by atoms with van der Waals surface area (Å²) < 4.78 is 7.64. The number of aromatic nitrogens is 3. The Kier molecular flexibility index (Phi) is 3.07. The van der Waals surface area contributed by atoms with Crippen molar-refractivity contribution in [3.8, 4) is 11.5 Å².